The summed E-state index contributed by atoms with van der Waals surface area (Å²) in [5.74, 6) is 1.67. The molecule has 0 radical (unpaired) electrons. The average molecular weight is 281 g/mol. The lowest BCUT2D eigenvalue weighted by Crippen LogP contribution is -2.63. The van der Waals surface area contributed by atoms with Crippen molar-refractivity contribution in [3.05, 3.63) is 0 Å². The van der Waals surface area contributed by atoms with Crippen molar-refractivity contribution in [3.8, 4) is 0 Å². The number of likely N-dealkylation sites (N-methyl/N-ethyl adjacent to an activating group) is 1. The summed E-state index contributed by atoms with van der Waals surface area (Å²) >= 11 is 0. The second-order valence-corrected chi connectivity index (χ2v) is 7.52. The molecule has 0 aromatic heterocycles. The van der Waals surface area contributed by atoms with Crippen molar-refractivity contribution in [1.29, 1.82) is 0 Å². The molecule has 0 amide bonds. The predicted molar refractivity (Wildman–Crippen MR) is 86.9 cm³/mol. The first-order chi connectivity index (χ1) is 9.52. The van der Waals surface area contributed by atoms with E-state index < -0.39 is 0 Å². The van der Waals surface area contributed by atoms with Gasteiger partial charge in [0.15, 0.2) is 0 Å². The van der Waals surface area contributed by atoms with Crippen LogP contribution >= 0.6 is 0 Å². The molecule has 1 saturated carbocycles. The minimum absolute atomic E-state index is 0.294. The van der Waals surface area contributed by atoms with E-state index in [9.17, 15) is 0 Å². The van der Waals surface area contributed by atoms with Gasteiger partial charge >= 0.3 is 0 Å². The van der Waals surface area contributed by atoms with Gasteiger partial charge in [0, 0.05) is 37.8 Å². The van der Waals surface area contributed by atoms with E-state index in [2.05, 4.69) is 37.6 Å². The molecule has 1 heterocycles. The molecule has 2 fully saturated rings. The molecular formula is C17H35N3. The Morgan fingerprint density at radius 1 is 1.30 bits per heavy atom. The van der Waals surface area contributed by atoms with E-state index in [0.717, 1.165) is 18.4 Å². The third-order valence-electron chi connectivity index (χ3n) is 6.10. The lowest BCUT2D eigenvalue weighted by atomic mass is 9.70. The lowest BCUT2D eigenvalue weighted by molar-refractivity contribution is -0.0243. The van der Waals surface area contributed by atoms with Crippen molar-refractivity contribution in [2.75, 3.05) is 33.2 Å². The van der Waals surface area contributed by atoms with Crippen LogP contribution < -0.4 is 5.73 Å². The van der Waals surface area contributed by atoms with E-state index >= 15 is 0 Å². The zero-order valence-corrected chi connectivity index (χ0v) is 14.1. The van der Waals surface area contributed by atoms with Crippen LogP contribution in [0.1, 0.15) is 52.9 Å². The highest BCUT2D eigenvalue weighted by atomic mass is 15.3. The SMILES string of the molecule is CCC1CN(C2(CN)CCCC(C(C)C)C2)CCN1C. The van der Waals surface area contributed by atoms with Gasteiger partial charge in [0.05, 0.1) is 0 Å². The summed E-state index contributed by atoms with van der Waals surface area (Å²) < 4.78 is 0. The van der Waals surface area contributed by atoms with Gasteiger partial charge in [-0.1, -0.05) is 33.6 Å². The molecule has 3 nitrogen and oxygen atoms in total. The third-order valence-corrected chi connectivity index (χ3v) is 6.10. The predicted octanol–water partition coefficient (Wildman–Crippen LogP) is 2.56. The van der Waals surface area contributed by atoms with Gasteiger partial charge in [0.2, 0.25) is 0 Å². The normalized spacial score (nSPS) is 37.5. The third kappa shape index (κ3) is 3.20. The Labute approximate surface area is 125 Å². The summed E-state index contributed by atoms with van der Waals surface area (Å²) in [5, 5.41) is 0. The molecule has 2 rings (SSSR count). The van der Waals surface area contributed by atoms with Crippen molar-refractivity contribution in [3.63, 3.8) is 0 Å². The first-order valence-corrected chi connectivity index (χ1v) is 8.67. The molecule has 0 aromatic carbocycles. The Balaban J connectivity index is 2.10. The molecule has 0 bridgehead atoms. The average Bonchev–Trinajstić information content (AvgIpc) is 2.47. The number of hydrogen-bond acceptors (Lipinski definition) is 3. The first-order valence-electron chi connectivity index (χ1n) is 8.67. The molecule has 2 aliphatic rings. The quantitative estimate of drug-likeness (QED) is 0.859. The fourth-order valence-electron chi connectivity index (χ4n) is 4.37. The molecule has 2 N–H and O–H groups in total. The van der Waals surface area contributed by atoms with Gasteiger partial charge in [-0.2, -0.15) is 0 Å². The molecule has 1 aliphatic carbocycles. The largest absolute Gasteiger partial charge is 0.329 e. The Morgan fingerprint density at radius 2 is 2.05 bits per heavy atom. The topological polar surface area (TPSA) is 32.5 Å². The van der Waals surface area contributed by atoms with Crippen LogP contribution in [0.5, 0.6) is 0 Å². The standard InChI is InChI=1S/C17H35N3/c1-5-16-12-20(10-9-19(16)4)17(13-18)8-6-7-15(11-17)14(2)3/h14-16H,5-13,18H2,1-4H3. The molecule has 3 heteroatoms. The molecule has 3 unspecified atom stereocenters. The molecule has 0 aromatic rings. The van der Waals surface area contributed by atoms with Gasteiger partial charge in [0.25, 0.3) is 0 Å². The Kier molecular flexibility index (Phi) is 5.49. The second kappa shape index (κ2) is 6.76. The maximum atomic E-state index is 6.30. The van der Waals surface area contributed by atoms with E-state index in [1.807, 2.05) is 0 Å². The number of hydrogen-bond donors (Lipinski definition) is 1. The monoisotopic (exact) mass is 281 g/mol. The molecule has 0 spiro atoms. The minimum atomic E-state index is 0.294. The Hall–Kier alpha value is -0.120. The van der Waals surface area contributed by atoms with E-state index in [1.165, 1.54) is 51.7 Å². The smallest absolute Gasteiger partial charge is 0.0335 e. The summed E-state index contributed by atoms with van der Waals surface area (Å²) in [6.07, 6.45) is 6.66. The maximum Gasteiger partial charge on any atom is 0.0335 e. The number of piperazine rings is 1. The Morgan fingerprint density at radius 3 is 2.65 bits per heavy atom. The summed E-state index contributed by atoms with van der Waals surface area (Å²) in [6, 6.07) is 0.714. The minimum Gasteiger partial charge on any atom is -0.329 e. The van der Waals surface area contributed by atoms with Crippen LogP contribution in [0.2, 0.25) is 0 Å². The zero-order chi connectivity index (χ0) is 14.8. The van der Waals surface area contributed by atoms with Crippen molar-refractivity contribution >= 4 is 0 Å². The Bertz CT molecular complexity index is 305. The van der Waals surface area contributed by atoms with E-state index in [1.54, 1.807) is 0 Å². The van der Waals surface area contributed by atoms with Gasteiger partial charge in [0.1, 0.15) is 0 Å². The van der Waals surface area contributed by atoms with Crippen molar-refractivity contribution < 1.29 is 0 Å². The maximum absolute atomic E-state index is 6.30. The van der Waals surface area contributed by atoms with E-state index in [0.29, 0.717) is 11.6 Å². The van der Waals surface area contributed by atoms with Crippen molar-refractivity contribution in [2.45, 2.75) is 64.5 Å². The van der Waals surface area contributed by atoms with Gasteiger partial charge in [-0.05, 0) is 38.1 Å². The number of nitrogens with zero attached hydrogens (tertiary/aromatic N) is 2. The van der Waals surface area contributed by atoms with Gasteiger partial charge < -0.3 is 10.6 Å². The lowest BCUT2D eigenvalue weighted by Gasteiger charge is -2.53. The fourth-order valence-corrected chi connectivity index (χ4v) is 4.37. The molecule has 3 atom stereocenters. The number of rotatable bonds is 4. The molecule has 1 saturated heterocycles. The summed E-state index contributed by atoms with van der Waals surface area (Å²) in [6.45, 7) is 11.6. The van der Waals surface area contributed by atoms with Crippen molar-refractivity contribution in [1.82, 2.24) is 9.80 Å². The van der Waals surface area contributed by atoms with Crippen LogP contribution in [-0.4, -0.2) is 54.6 Å². The van der Waals surface area contributed by atoms with Gasteiger partial charge in [-0.3, -0.25) is 4.90 Å². The van der Waals surface area contributed by atoms with Crippen molar-refractivity contribution in [2.24, 2.45) is 17.6 Å². The summed E-state index contributed by atoms with van der Waals surface area (Å²) in [5.41, 5.74) is 6.59. The molecule has 1 aliphatic heterocycles. The van der Waals surface area contributed by atoms with E-state index in [4.69, 9.17) is 5.73 Å². The zero-order valence-electron chi connectivity index (χ0n) is 14.1. The first kappa shape index (κ1) is 16.3. The van der Waals surface area contributed by atoms with Crippen LogP contribution in [0.15, 0.2) is 0 Å². The molecule has 118 valence electrons. The fraction of sp³-hybridized carbons (Fsp3) is 1.00. The van der Waals surface area contributed by atoms with Crippen LogP contribution in [0.4, 0.5) is 0 Å². The highest BCUT2D eigenvalue weighted by Gasteiger charge is 2.42. The molecular weight excluding hydrogens is 246 g/mol. The summed E-state index contributed by atoms with van der Waals surface area (Å²) in [4.78, 5) is 5.29. The van der Waals surface area contributed by atoms with Crippen LogP contribution in [0, 0.1) is 11.8 Å². The van der Waals surface area contributed by atoms with E-state index in [-0.39, 0.29) is 0 Å². The highest BCUT2D eigenvalue weighted by Crippen LogP contribution is 2.40. The molecule has 20 heavy (non-hydrogen) atoms. The second-order valence-electron chi connectivity index (χ2n) is 7.52. The van der Waals surface area contributed by atoms with Gasteiger partial charge in [-0.15, -0.1) is 0 Å². The van der Waals surface area contributed by atoms with Crippen LogP contribution in [0.25, 0.3) is 0 Å². The highest BCUT2D eigenvalue weighted by molar-refractivity contribution is 4.99. The van der Waals surface area contributed by atoms with Gasteiger partial charge in [-0.25, -0.2) is 0 Å². The van der Waals surface area contributed by atoms with Crippen LogP contribution in [0.3, 0.4) is 0 Å². The van der Waals surface area contributed by atoms with Crippen LogP contribution in [-0.2, 0) is 0 Å². The number of nitrogens with two attached hydrogens (primary N) is 1. The summed E-state index contributed by atoms with van der Waals surface area (Å²) in [7, 11) is 2.28.